The van der Waals surface area contributed by atoms with Gasteiger partial charge >= 0.3 is 5.97 Å². The SMILES string of the molecule is CCCCCCCn1cc(C(=O)O)cc1Br. The molecule has 16 heavy (non-hydrogen) atoms. The lowest BCUT2D eigenvalue weighted by molar-refractivity contribution is 0.0697. The molecule has 0 spiro atoms. The van der Waals surface area contributed by atoms with Crippen LogP contribution in [0.15, 0.2) is 16.9 Å². The summed E-state index contributed by atoms with van der Waals surface area (Å²) in [5, 5.41) is 8.83. The van der Waals surface area contributed by atoms with Crippen LogP contribution in [0.3, 0.4) is 0 Å². The molecule has 1 N–H and O–H groups in total. The average molecular weight is 288 g/mol. The molecular weight excluding hydrogens is 270 g/mol. The van der Waals surface area contributed by atoms with Crippen molar-refractivity contribution in [3.8, 4) is 0 Å². The van der Waals surface area contributed by atoms with Crippen molar-refractivity contribution in [2.24, 2.45) is 0 Å². The maximum atomic E-state index is 10.7. The topological polar surface area (TPSA) is 42.2 Å². The van der Waals surface area contributed by atoms with Crippen molar-refractivity contribution >= 4 is 21.9 Å². The summed E-state index contributed by atoms with van der Waals surface area (Å²) in [4.78, 5) is 10.7. The average Bonchev–Trinajstić information content (AvgIpc) is 2.60. The van der Waals surface area contributed by atoms with Crippen molar-refractivity contribution in [1.29, 1.82) is 0 Å². The molecule has 0 aliphatic heterocycles. The van der Waals surface area contributed by atoms with Crippen LogP contribution >= 0.6 is 15.9 Å². The zero-order chi connectivity index (χ0) is 12.0. The second-order valence-corrected chi connectivity index (χ2v) is 4.78. The number of aromatic nitrogens is 1. The summed E-state index contributed by atoms with van der Waals surface area (Å²) in [5.41, 5.74) is 0.348. The van der Waals surface area contributed by atoms with Crippen molar-refractivity contribution < 1.29 is 9.90 Å². The Morgan fingerprint density at radius 3 is 2.62 bits per heavy atom. The van der Waals surface area contributed by atoms with Crippen molar-refractivity contribution in [3.05, 3.63) is 22.4 Å². The van der Waals surface area contributed by atoms with Crippen LogP contribution in [-0.4, -0.2) is 15.6 Å². The monoisotopic (exact) mass is 287 g/mol. The van der Waals surface area contributed by atoms with Gasteiger partial charge in [0, 0.05) is 12.7 Å². The molecule has 1 aromatic rings. The van der Waals surface area contributed by atoms with Crippen LogP contribution in [0.4, 0.5) is 0 Å². The lowest BCUT2D eigenvalue weighted by Gasteiger charge is -2.04. The highest BCUT2D eigenvalue weighted by atomic mass is 79.9. The van der Waals surface area contributed by atoms with Crippen LogP contribution in [-0.2, 0) is 6.54 Å². The number of nitrogens with zero attached hydrogens (tertiary/aromatic N) is 1. The predicted molar refractivity (Wildman–Crippen MR) is 67.9 cm³/mol. The van der Waals surface area contributed by atoms with Gasteiger partial charge in [-0.2, -0.15) is 0 Å². The van der Waals surface area contributed by atoms with Gasteiger partial charge in [-0.15, -0.1) is 0 Å². The van der Waals surface area contributed by atoms with Crippen LogP contribution in [0.25, 0.3) is 0 Å². The molecule has 0 amide bonds. The molecule has 90 valence electrons. The van der Waals surface area contributed by atoms with Gasteiger partial charge in [-0.05, 0) is 28.4 Å². The number of carbonyl (C=O) groups is 1. The standard InChI is InChI=1S/C12H18BrNO2/c1-2-3-4-5-6-7-14-9-10(12(15)16)8-11(14)13/h8-9H,2-7H2,1H3,(H,15,16). The highest BCUT2D eigenvalue weighted by Crippen LogP contribution is 2.16. The normalized spacial score (nSPS) is 10.6. The summed E-state index contributed by atoms with van der Waals surface area (Å²) in [7, 11) is 0. The van der Waals surface area contributed by atoms with Crippen LogP contribution in [0.5, 0.6) is 0 Å². The second kappa shape index (κ2) is 6.74. The zero-order valence-electron chi connectivity index (χ0n) is 9.58. The number of carboxylic acids is 1. The molecule has 1 heterocycles. The van der Waals surface area contributed by atoms with Crippen molar-refractivity contribution in [1.82, 2.24) is 4.57 Å². The molecule has 0 saturated heterocycles. The lowest BCUT2D eigenvalue weighted by Crippen LogP contribution is -1.97. The number of aryl methyl sites for hydroxylation is 1. The van der Waals surface area contributed by atoms with E-state index in [1.807, 2.05) is 4.57 Å². The van der Waals surface area contributed by atoms with E-state index in [9.17, 15) is 4.79 Å². The number of aromatic carboxylic acids is 1. The van der Waals surface area contributed by atoms with Crippen LogP contribution in [0.2, 0.25) is 0 Å². The fraction of sp³-hybridized carbons (Fsp3) is 0.583. The third kappa shape index (κ3) is 4.00. The first-order chi connectivity index (χ1) is 7.65. The van der Waals surface area contributed by atoms with E-state index in [0.717, 1.165) is 17.6 Å². The third-order valence-electron chi connectivity index (χ3n) is 2.59. The first-order valence-electron chi connectivity index (χ1n) is 5.74. The quantitative estimate of drug-likeness (QED) is 0.773. The Labute approximate surface area is 105 Å². The van der Waals surface area contributed by atoms with E-state index in [4.69, 9.17) is 5.11 Å². The van der Waals surface area contributed by atoms with E-state index in [0.29, 0.717) is 5.56 Å². The highest BCUT2D eigenvalue weighted by molar-refractivity contribution is 9.10. The fourth-order valence-electron chi connectivity index (χ4n) is 1.65. The Kier molecular flexibility index (Phi) is 5.60. The molecule has 0 saturated carbocycles. The molecule has 0 bridgehead atoms. The highest BCUT2D eigenvalue weighted by Gasteiger charge is 2.08. The van der Waals surface area contributed by atoms with Gasteiger partial charge in [0.25, 0.3) is 0 Å². The van der Waals surface area contributed by atoms with Crippen molar-refractivity contribution in [2.45, 2.75) is 45.6 Å². The molecule has 0 unspecified atom stereocenters. The first-order valence-corrected chi connectivity index (χ1v) is 6.53. The summed E-state index contributed by atoms with van der Waals surface area (Å²) in [6.07, 6.45) is 7.80. The van der Waals surface area contributed by atoms with E-state index >= 15 is 0 Å². The summed E-state index contributed by atoms with van der Waals surface area (Å²) in [6, 6.07) is 1.65. The van der Waals surface area contributed by atoms with Crippen LogP contribution in [0, 0.1) is 0 Å². The molecule has 0 aliphatic rings. The maximum Gasteiger partial charge on any atom is 0.337 e. The first kappa shape index (κ1) is 13.3. The number of halogens is 1. The fourth-order valence-corrected chi connectivity index (χ4v) is 2.18. The number of carboxylic acid groups (broad SMARTS) is 1. The Hall–Kier alpha value is -0.770. The van der Waals surface area contributed by atoms with Gasteiger partial charge in [-0.25, -0.2) is 4.79 Å². The largest absolute Gasteiger partial charge is 0.478 e. The number of hydrogen-bond acceptors (Lipinski definition) is 1. The molecule has 0 fully saturated rings. The number of rotatable bonds is 7. The van der Waals surface area contributed by atoms with Gasteiger partial charge in [-0.3, -0.25) is 0 Å². The number of unbranched alkanes of at least 4 members (excludes halogenated alkanes) is 4. The molecule has 0 radical (unpaired) electrons. The molecule has 1 rings (SSSR count). The summed E-state index contributed by atoms with van der Waals surface area (Å²) in [5.74, 6) is -0.870. The smallest absolute Gasteiger partial charge is 0.337 e. The van der Waals surface area contributed by atoms with Gasteiger partial charge in [0.1, 0.15) is 0 Å². The number of hydrogen-bond donors (Lipinski definition) is 1. The molecule has 1 aromatic heterocycles. The van der Waals surface area contributed by atoms with Crippen LogP contribution < -0.4 is 0 Å². The van der Waals surface area contributed by atoms with E-state index in [-0.39, 0.29) is 0 Å². The summed E-state index contributed by atoms with van der Waals surface area (Å²) >= 11 is 3.37. The minimum Gasteiger partial charge on any atom is -0.478 e. The summed E-state index contributed by atoms with van der Waals surface area (Å²) in [6.45, 7) is 3.08. The minimum atomic E-state index is -0.870. The van der Waals surface area contributed by atoms with E-state index in [1.54, 1.807) is 12.3 Å². The predicted octanol–water partition coefficient (Wildman–Crippen LogP) is 3.92. The van der Waals surface area contributed by atoms with Gasteiger partial charge in [-0.1, -0.05) is 32.6 Å². The van der Waals surface area contributed by atoms with E-state index in [1.165, 1.54) is 25.7 Å². The summed E-state index contributed by atoms with van der Waals surface area (Å²) < 4.78 is 2.80. The molecule has 0 aromatic carbocycles. The Morgan fingerprint density at radius 1 is 1.38 bits per heavy atom. The van der Waals surface area contributed by atoms with Gasteiger partial charge in [0.05, 0.1) is 10.2 Å². The molecule has 3 nitrogen and oxygen atoms in total. The minimum absolute atomic E-state index is 0.348. The molecular formula is C12H18BrNO2. The van der Waals surface area contributed by atoms with Crippen LogP contribution in [0.1, 0.15) is 49.4 Å². The Bertz CT molecular complexity index is 347. The van der Waals surface area contributed by atoms with E-state index in [2.05, 4.69) is 22.9 Å². The van der Waals surface area contributed by atoms with Gasteiger partial charge in [0.15, 0.2) is 0 Å². The van der Waals surface area contributed by atoms with E-state index < -0.39 is 5.97 Å². The maximum absolute atomic E-state index is 10.7. The zero-order valence-corrected chi connectivity index (χ0v) is 11.2. The second-order valence-electron chi connectivity index (χ2n) is 3.96. The Balaban J connectivity index is 2.39. The Morgan fingerprint density at radius 2 is 2.06 bits per heavy atom. The molecule has 0 atom stereocenters. The van der Waals surface area contributed by atoms with Crippen molar-refractivity contribution in [3.63, 3.8) is 0 Å². The lowest BCUT2D eigenvalue weighted by atomic mass is 10.1. The van der Waals surface area contributed by atoms with Crippen molar-refractivity contribution in [2.75, 3.05) is 0 Å². The molecule has 0 aliphatic carbocycles. The molecule has 4 heteroatoms. The third-order valence-corrected chi connectivity index (χ3v) is 3.28. The van der Waals surface area contributed by atoms with Gasteiger partial charge < -0.3 is 9.67 Å². The van der Waals surface area contributed by atoms with Gasteiger partial charge in [0.2, 0.25) is 0 Å².